The molecule has 190 valence electrons. The van der Waals surface area contributed by atoms with Crippen LogP contribution in [-0.2, 0) is 4.74 Å². The number of ether oxygens (including phenoxy) is 1. The fraction of sp³-hybridized carbons (Fsp3) is 0.304. The Kier molecular flexibility index (Phi) is 8.45. The molecule has 0 unspecified atom stereocenters. The molecule has 0 spiro atoms. The Hall–Kier alpha value is -2.73. The topological polar surface area (TPSA) is 112 Å². The number of rotatable bonds is 6. The van der Waals surface area contributed by atoms with E-state index in [9.17, 15) is 14.3 Å². The van der Waals surface area contributed by atoms with Gasteiger partial charge < -0.3 is 20.1 Å². The van der Waals surface area contributed by atoms with Gasteiger partial charge in [0.1, 0.15) is 5.75 Å². The zero-order valence-electron chi connectivity index (χ0n) is 19.1. The van der Waals surface area contributed by atoms with Crippen LogP contribution in [0.5, 0.6) is 5.75 Å². The number of morpholine rings is 1. The molecule has 3 N–H and O–H groups in total. The third-order valence-electron chi connectivity index (χ3n) is 5.60. The summed E-state index contributed by atoms with van der Waals surface area (Å²) in [5.74, 6) is -1.21. The Labute approximate surface area is 225 Å². The van der Waals surface area contributed by atoms with Crippen LogP contribution < -0.4 is 15.6 Å². The lowest BCUT2D eigenvalue weighted by Gasteiger charge is -2.27. The smallest absolute Gasteiger partial charge is 0.258 e. The van der Waals surface area contributed by atoms with Crippen molar-refractivity contribution in [2.45, 2.75) is 19.8 Å². The van der Waals surface area contributed by atoms with E-state index >= 15 is 0 Å². The SMILES string of the molecule is CC1=C(NC(=O)c2c(Br)cc(/C=N/Nc3ncc(F)c(N4CCOCC4)n3)c(O)c2Cl)C(Cl)=CCC1. The largest absolute Gasteiger partial charge is 0.506 e. The summed E-state index contributed by atoms with van der Waals surface area (Å²) in [5.41, 5.74) is 4.36. The zero-order chi connectivity index (χ0) is 25.8. The number of aromatic nitrogens is 2. The minimum atomic E-state index is -0.551. The van der Waals surface area contributed by atoms with Crippen LogP contribution in [-0.4, -0.2) is 53.5 Å². The van der Waals surface area contributed by atoms with Gasteiger partial charge in [0.2, 0.25) is 5.95 Å². The van der Waals surface area contributed by atoms with Gasteiger partial charge in [-0.2, -0.15) is 10.1 Å². The van der Waals surface area contributed by atoms with E-state index in [4.69, 9.17) is 27.9 Å². The minimum Gasteiger partial charge on any atom is -0.506 e. The van der Waals surface area contributed by atoms with Crippen molar-refractivity contribution >= 4 is 63.0 Å². The molecule has 13 heteroatoms. The third-order valence-corrected chi connectivity index (χ3v) is 6.94. The Morgan fingerprint density at radius 2 is 2.11 bits per heavy atom. The van der Waals surface area contributed by atoms with Crippen molar-refractivity contribution in [1.82, 2.24) is 15.3 Å². The van der Waals surface area contributed by atoms with Crippen LogP contribution in [0.25, 0.3) is 0 Å². The average molecular weight is 600 g/mol. The Balaban J connectivity index is 1.51. The van der Waals surface area contributed by atoms with Gasteiger partial charge in [-0.3, -0.25) is 4.79 Å². The van der Waals surface area contributed by atoms with Crippen LogP contribution in [0.4, 0.5) is 16.2 Å². The highest BCUT2D eigenvalue weighted by Gasteiger charge is 2.23. The fourth-order valence-electron chi connectivity index (χ4n) is 3.69. The first kappa shape index (κ1) is 26.3. The van der Waals surface area contributed by atoms with Crippen molar-refractivity contribution < 1.29 is 19.0 Å². The lowest BCUT2D eigenvalue weighted by molar-refractivity contribution is 0.0965. The lowest BCUT2D eigenvalue weighted by atomic mass is 10.0. The van der Waals surface area contributed by atoms with Gasteiger partial charge in [-0.25, -0.2) is 14.8 Å². The Bertz CT molecular complexity index is 1280. The molecule has 2 aromatic rings. The first-order valence-electron chi connectivity index (χ1n) is 11.0. The monoisotopic (exact) mass is 598 g/mol. The molecular weight excluding hydrogens is 578 g/mol. The molecule has 9 nitrogen and oxygen atoms in total. The van der Waals surface area contributed by atoms with E-state index in [2.05, 4.69) is 41.7 Å². The maximum Gasteiger partial charge on any atom is 0.258 e. The number of aromatic hydroxyl groups is 1. The normalized spacial score (nSPS) is 16.4. The van der Waals surface area contributed by atoms with Gasteiger partial charge in [0.15, 0.2) is 11.6 Å². The Morgan fingerprint density at radius 1 is 1.36 bits per heavy atom. The number of allylic oxidation sites excluding steroid dienone is 3. The second kappa shape index (κ2) is 11.5. The highest BCUT2D eigenvalue weighted by atomic mass is 79.9. The molecule has 1 aliphatic heterocycles. The summed E-state index contributed by atoms with van der Waals surface area (Å²) < 4.78 is 19.8. The predicted molar refractivity (Wildman–Crippen MR) is 140 cm³/mol. The number of phenolic OH excluding ortho intramolecular Hbond substituents is 1. The maximum atomic E-state index is 14.2. The van der Waals surface area contributed by atoms with E-state index in [1.807, 2.05) is 13.0 Å². The summed E-state index contributed by atoms with van der Waals surface area (Å²) in [6.45, 7) is 3.87. The second-order valence-corrected chi connectivity index (χ2v) is 9.66. The van der Waals surface area contributed by atoms with Crippen LogP contribution in [0.1, 0.15) is 35.7 Å². The molecule has 0 radical (unpaired) electrons. The predicted octanol–water partition coefficient (Wildman–Crippen LogP) is 4.94. The number of phenols is 1. The third kappa shape index (κ3) is 5.80. The minimum absolute atomic E-state index is 0.0478. The first-order valence-corrected chi connectivity index (χ1v) is 12.5. The first-order chi connectivity index (χ1) is 17.3. The summed E-state index contributed by atoms with van der Waals surface area (Å²) in [7, 11) is 0. The van der Waals surface area contributed by atoms with E-state index in [0.29, 0.717) is 41.5 Å². The molecular formula is C23H22BrCl2FN6O3. The van der Waals surface area contributed by atoms with Crippen molar-refractivity contribution in [1.29, 1.82) is 0 Å². The Morgan fingerprint density at radius 3 is 2.83 bits per heavy atom. The van der Waals surface area contributed by atoms with Crippen molar-refractivity contribution in [2.75, 3.05) is 36.6 Å². The zero-order valence-corrected chi connectivity index (χ0v) is 22.2. The molecule has 1 fully saturated rings. The van der Waals surface area contributed by atoms with Gasteiger partial charge in [0, 0.05) is 23.1 Å². The summed E-state index contributed by atoms with van der Waals surface area (Å²) in [6, 6.07) is 1.49. The van der Waals surface area contributed by atoms with Crippen LogP contribution in [0.3, 0.4) is 0 Å². The van der Waals surface area contributed by atoms with E-state index in [-0.39, 0.29) is 33.7 Å². The number of amides is 1. The van der Waals surface area contributed by atoms with Crippen LogP contribution in [0.2, 0.25) is 5.02 Å². The summed E-state index contributed by atoms with van der Waals surface area (Å²) in [4.78, 5) is 22.8. The molecule has 36 heavy (non-hydrogen) atoms. The summed E-state index contributed by atoms with van der Waals surface area (Å²) in [6.07, 6.45) is 5.75. The van der Waals surface area contributed by atoms with E-state index in [1.54, 1.807) is 4.90 Å². The number of benzene rings is 1. The summed E-state index contributed by atoms with van der Waals surface area (Å²) >= 11 is 15.9. The fourth-order valence-corrected chi connectivity index (χ4v) is 5.04. The number of nitrogens with zero attached hydrogens (tertiary/aromatic N) is 4. The van der Waals surface area contributed by atoms with Crippen molar-refractivity contribution in [3.8, 4) is 5.75 Å². The molecule has 4 rings (SSSR count). The number of hydrazone groups is 1. The maximum absolute atomic E-state index is 14.2. The van der Waals surface area contributed by atoms with Crippen LogP contribution >= 0.6 is 39.1 Å². The number of carbonyl (C=O) groups excluding carboxylic acids is 1. The van der Waals surface area contributed by atoms with Gasteiger partial charge >= 0.3 is 0 Å². The van der Waals surface area contributed by atoms with E-state index < -0.39 is 11.7 Å². The van der Waals surface area contributed by atoms with Gasteiger partial charge in [0.05, 0.1) is 46.9 Å². The summed E-state index contributed by atoms with van der Waals surface area (Å²) in [5, 5.41) is 17.7. The van der Waals surface area contributed by atoms with Crippen molar-refractivity contribution in [3.63, 3.8) is 0 Å². The molecule has 1 aromatic carbocycles. The van der Waals surface area contributed by atoms with Crippen LogP contribution in [0.15, 0.2) is 44.2 Å². The number of hydrogen-bond acceptors (Lipinski definition) is 8. The van der Waals surface area contributed by atoms with Crippen molar-refractivity contribution in [2.24, 2.45) is 5.10 Å². The average Bonchev–Trinajstić information content (AvgIpc) is 2.86. The standard InChI is InChI=1S/C23H22BrCl2FN6O3/c1-12-3-2-4-15(25)19(12)30-22(35)17-14(24)9-13(20(34)18(17)26)10-29-32-23-28-11-16(27)21(31-23)33-5-7-36-8-6-33/h4,9-11,34H,2-3,5-8H2,1H3,(H,30,35)(H,28,31,32)/b29-10+. The molecule has 1 aromatic heterocycles. The molecule has 2 aliphatic rings. The van der Waals surface area contributed by atoms with Gasteiger partial charge in [-0.1, -0.05) is 29.3 Å². The number of anilines is 2. The van der Waals surface area contributed by atoms with Gasteiger partial charge in [-0.15, -0.1) is 0 Å². The van der Waals surface area contributed by atoms with Gasteiger partial charge in [-0.05, 0) is 47.3 Å². The number of nitrogens with one attached hydrogen (secondary N) is 2. The van der Waals surface area contributed by atoms with E-state index in [1.165, 1.54) is 12.3 Å². The number of halogens is 4. The van der Waals surface area contributed by atoms with Crippen LogP contribution in [0, 0.1) is 5.82 Å². The van der Waals surface area contributed by atoms with Crippen molar-refractivity contribution in [3.05, 3.63) is 61.1 Å². The number of carbonyl (C=O) groups is 1. The quantitative estimate of drug-likeness (QED) is 0.318. The molecule has 0 atom stereocenters. The molecule has 1 amide bonds. The molecule has 2 heterocycles. The lowest BCUT2D eigenvalue weighted by Crippen LogP contribution is -2.37. The van der Waals surface area contributed by atoms with E-state index in [0.717, 1.165) is 24.6 Å². The number of hydrogen-bond donors (Lipinski definition) is 3. The van der Waals surface area contributed by atoms with Gasteiger partial charge in [0.25, 0.3) is 5.91 Å². The second-order valence-electron chi connectivity index (χ2n) is 8.02. The molecule has 0 saturated carbocycles. The molecule has 1 saturated heterocycles. The molecule has 1 aliphatic carbocycles. The highest BCUT2D eigenvalue weighted by molar-refractivity contribution is 9.10. The highest BCUT2D eigenvalue weighted by Crippen LogP contribution is 2.36. The molecule has 0 bridgehead atoms.